The van der Waals surface area contributed by atoms with E-state index < -0.39 is 29.3 Å². The van der Waals surface area contributed by atoms with Crippen LogP contribution >= 0.6 is 11.6 Å². The van der Waals surface area contributed by atoms with E-state index in [1.807, 2.05) is 0 Å². The minimum Gasteiger partial charge on any atom is -0.309 e. The Morgan fingerprint density at radius 1 is 1.03 bits per heavy atom. The number of aromatic nitrogens is 4. The number of benzene rings is 2. The summed E-state index contributed by atoms with van der Waals surface area (Å²) in [4.78, 5) is 58.2. The van der Waals surface area contributed by atoms with Gasteiger partial charge in [-0.2, -0.15) is 9.50 Å². The highest BCUT2D eigenvalue weighted by Gasteiger charge is 2.40. The molecular weight excluding hydrogens is 448 g/mol. The van der Waals surface area contributed by atoms with Crippen molar-refractivity contribution in [1.82, 2.24) is 24.5 Å². The first-order valence-electron chi connectivity index (χ1n) is 9.87. The van der Waals surface area contributed by atoms with Crippen LogP contribution in [-0.2, 0) is 4.79 Å². The maximum Gasteiger partial charge on any atom is 0.262 e. The average Bonchev–Trinajstić information content (AvgIpc) is 3.33. The Bertz CT molecular complexity index is 1470. The highest BCUT2D eigenvalue weighted by Crippen LogP contribution is 2.25. The molecule has 0 fully saturated rings. The first-order chi connectivity index (χ1) is 15.8. The van der Waals surface area contributed by atoms with Crippen LogP contribution in [0.1, 0.15) is 27.6 Å². The van der Waals surface area contributed by atoms with Crippen molar-refractivity contribution in [3.8, 4) is 11.4 Å². The lowest BCUT2D eigenvalue weighted by Crippen LogP contribution is -2.45. The number of hydrogen-bond donors (Lipinski definition) is 2. The highest BCUT2D eigenvalue weighted by molar-refractivity contribution is 6.30. The Morgan fingerprint density at radius 3 is 2.30 bits per heavy atom. The summed E-state index contributed by atoms with van der Waals surface area (Å²) in [5.74, 6) is -1.33. The van der Waals surface area contributed by atoms with Crippen LogP contribution in [0.15, 0.2) is 59.4 Å². The summed E-state index contributed by atoms with van der Waals surface area (Å²) < 4.78 is 1.26. The van der Waals surface area contributed by atoms with E-state index >= 15 is 0 Å². The molecule has 2 aromatic carbocycles. The Morgan fingerprint density at radius 2 is 1.67 bits per heavy atom. The van der Waals surface area contributed by atoms with Gasteiger partial charge in [0.05, 0.1) is 11.1 Å². The van der Waals surface area contributed by atoms with E-state index in [-0.39, 0.29) is 22.7 Å². The Kier molecular flexibility index (Phi) is 4.79. The fourth-order valence-electron chi connectivity index (χ4n) is 3.61. The van der Waals surface area contributed by atoms with E-state index in [0.29, 0.717) is 16.4 Å². The van der Waals surface area contributed by atoms with Crippen LogP contribution in [0, 0.1) is 0 Å². The first-order valence-corrected chi connectivity index (χ1v) is 10.2. The molecule has 0 unspecified atom stereocenters. The van der Waals surface area contributed by atoms with Crippen LogP contribution in [0.4, 0.5) is 5.82 Å². The molecule has 0 spiro atoms. The summed E-state index contributed by atoms with van der Waals surface area (Å²) in [6.45, 7) is 1.43. The summed E-state index contributed by atoms with van der Waals surface area (Å²) in [5.41, 5.74) is 0.621. The SMILES string of the molecule is C[C@H](C(=O)Nc1cc(=O)[nH]c2nc(-c3ccc(Cl)cc3)nn12)N1C(=O)c2ccccc2C1=O. The van der Waals surface area contributed by atoms with Crippen molar-refractivity contribution in [3.63, 3.8) is 0 Å². The zero-order valence-electron chi connectivity index (χ0n) is 17.1. The summed E-state index contributed by atoms with van der Waals surface area (Å²) in [5, 5.41) is 7.48. The number of halogens is 1. The maximum atomic E-state index is 13.0. The van der Waals surface area contributed by atoms with Crippen molar-refractivity contribution in [2.75, 3.05) is 5.32 Å². The lowest BCUT2D eigenvalue weighted by molar-refractivity contribution is -0.119. The summed E-state index contributed by atoms with van der Waals surface area (Å²) in [6.07, 6.45) is 0. The molecule has 0 aliphatic carbocycles. The smallest absolute Gasteiger partial charge is 0.262 e. The number of amides is 3. The van der Waals surface area contributed by atoms with E-state index in [0.717, 1.165) is 11.0 Å². The monoisotopic (exact) mass is 462 g/mol. The summed E-state index contributed by atoms with van der Waals surface area (Å²) >= 11 is 5.92. The molecule has 5 rings (SSSR count). The van der Waals surface area contributed by atoms with Gasteiger partial charge >= 0.3 is 0 Å². The predicted molar refractivity (Wildman–Crippen MR) is 119 cm³/mol. The van der Waals surface area contributed by atoms with Crippen molar-refractivity contribution in [2.45, 2.75) is 13.0 Å². The first kappa shape index (κ1) is 20.6. The molecule has 1 atom stereocenters. The Balaban J connectivity index is 1.46. The number of nitrogens with one attached hydrogen (secondary N) is 2. The average molecular weight is 463 g/mol. The molecule has 0 saturated carbocycles. The number of hydrogen-bond acceptors (Lipinski definition) is 6. The fourth-order valence-corrected chi connectivity index (χ4v) is 3.74. The van der Waals surface area contributed by atoms with Gasteiger partial charge in [-0.3, -0.25) is 29.1 Å². The molecule has 33 heavy (non-hydrogen) atoms. The van der Waals surface area contributed by atoms with Gasteiger partial charge in [0, 0.05) is 16.7 Å². The van der Waals surface area contributed by atoms with Gasteiger partial charge in [0.25, 0.3) is 17.4 Å². The number of carbonyl (C=O) groups is 3. The minimum absolute atomic E-state index is 0.0370. The summed E-state index contributed by atoms with van der Waals surface area (Å²) in [6, 6.07) is 13.2. The van der Waals surface area contributed by atoms with Crippen LogP contribution in [0.2, 0.25) is 5.02 Å². The van der Waals surface area contributed by atoms with Crippen molar-refractivity contribution >= 4 is 40.9 Å². The minimum atomic E-state index is -1.13. The number of rotatable bonds is 4. The largest absolute Gasteiger partial charge is 0.309 e. The van der Waals surface area contributed by atoms with Gasteiger partial charge in [0.1, 0.15) is 11.9 Å². The Hall–Kier alpha value is -4.31. The van der Waals surface area contributed by atoms with E-state index in [9.17, 15) is 19.2 Å². The second-order valence-electron chi connectivity index (χ2n) is 7.39. The van der Waals surface area contributed by atoms with Crippen molar-refractivity contribution in [2.24, 2.45) is 0 Å². The van der Waals surface area contributed by atoms with Crippen LogP contribution in [0.3, 0.4) is 0 Å². The van der Waals surface area contributed by atoms with Gasteiger partial charge in [0.2, 0.25) is 11.7 Å². The lowest BCUT2D eigenvalue weighted by Gasteiger charge is -2.21. The topological polar surface area (TPSA) is 130 Å². The molecule has 1 aliphatic heterocycles. The molecule has 3 heterocycles. The number of carbonyl (C=O) groups excluding carboxylic acids is 3. The van der Waals surface area contributed by atoms with Crippen LogP contribution < -0.4 is 10.9 Å². The summed E-state index contributed by atoms with van der Waals surface area (Å²) in [7, 11) is 0. The van der Waals surface area contributed by atoms with Gasteiger partial charge in [-0.05, 0) is 43.3 Å². The van der Waals surface area contributed by atoms with Gasteiger partial charge in [-0.25, -0.2) is 0 Å². The van der Waals surface area contributed by atoms with Gasteiger partial charge < -0.3 is 5.32 Å². The molecule has 4 aromatic rings. The molecule has 1 aliphatic rings. The molecule has 0 radical (unpaired) electrons. The van der Waals surface area contributed by atoms with Crippen LogP contribution in [0.5, 0.6) is 0 Å². The standard InChI is InChI=1S/C22H15ClN6O4/c1-11(28-20(32)14-4-2-3-5-15(14)21(28)33)19(31)24-16-10-17(30)25-22-26-18(27-29(16)22)12-6-8-13(23)9-7-12/h2-11H,1H3,(H,24,31)(H,25,26,27,30)/t11-/m1/s1. The third kappa shape index (κ3) is 3.46. The number of imide groups is 1. The van der Waals surface area contributed by atoms with Crippen molar-refractivity contribution in [3.05, 3.63) is 81.1 Å². The molecular formula is C22H15ClN6O4. The van der Waals surface area contributed by atoms with E-state index in [2.05, 4.69) is 20.4 Å². The lowest BCUT2D eigenvalue weighted by atomic mass is 10.1. The quantitative estimate of drug-likeness (QED) is 0.448. The van der Waals surface area contributed by atoms with Gasteiger partial charge in [-0.15, -0.1) is 5.10 Å². The number of H-pyrrole nitrogens is 1. The molecule has 2 aromatic heterocycles. The molecule has 0 saturated heterocycles. The molecule has 164 valence electrons. The molecule has 11 heteroatoms. The van der Waals surface area contributed by atoms with E-state index in [4.69, 9.17) is 11.6 Å². The van der Waals surface area contributed by atoms with Crippen molar-refractivity contribution < 1.29 is 14.4 Å². The molecule has 2 N–H and O–H groups in total. The van der Waals surface area contributed by atoms with Crippen LogP contribution in [0.25, 0.3) is 17.2 Å². The number of fused-ring (bicyclic) bond motifs is 2. The molecule has 0 bridgehead atoms. The molecule has 3 amide bonds. The van der Waals surface area contributed by atoms with Crippen molar-refractivity contribution in [1.29, 1.82) is 0 Å². The fraction of sp³-hybridized carbons (Fsp3) is 0.0909. The van der Waals surface area contributed by atoms with E-state index in [1.54, 1.807) is 36.4 Å². The Labute approximate surface area is 190 Å². The maximum absolute atomic E-state index is 13.0. The van der Waals surface area contributed by atoms with Crippen LogP contribution in [-0.4, -0.2) is 48.2 Å². The van der Waals surface area contributed by atoms with Gasteiger partial charge in [-0.1, -0.05) is 23.7 Å². The van der Waals surface area contributed by atoms with E-state index in [1.165, 1.54) is 23.6 Å². The third-order valence-electron chi connectivity index (χ3n) is 5.28. The predicted octanol–water partition coefficient (Wildman–Crippen LogP) is 2.36. The highest BCUT2D eigenvalue weighted by atomic mass is 35.5. The number of aromatic amines is 1. The number of anilines is 1. The second kappa shape index (κ2) is 7.68. The second-order valence-corrected chi connectivity index (χ2v) is 7.82. The molecule has 10 nitrogen and oxygen atoms in total. The zero-order chi connectivity index (χ0) is 23.3. The normalized spacial score (nSPS) is 13.9. The third-order valence-corrected chi connectivity index (χ3v) is 5.54. The number of nitrogens with zero attached hydrogens (tertiary/aromatic N) is 4. The zero-order valence-corrected chi connectivity index (χ0v) is 17.8. The van der Waals surface area contributed by atoms with Gasteiger partial charge in [0.15, 0.2) is 5.82 Å².